The summed E-state index contributed by atoms with van der Waals surface area (Å²) >= 11 is 1.53. The largest absolute Gasteiger partial charge is 0.480 e. The first-order chi connectivity index (χ1) is 7.14. The van der Waals surface area contributed by atoms with E-state index in [2.05, 4.69) is 0 Å². The number of carbonyl (C=O) groups excluding carboxylic acids is 1. The number of thioether (sulfide) groups is 1. The minimum absolute atomic E-state index is 0.117. The maximum atomic E-state index is 11.9. The Labute approximate surface area is 101 Å². The van der Waals surface area contributed by atoms with Gasteiger partial charge in [0.25, 0.3) is 0 Å². The summed E-state index contributed by atoms with van der Waals surface area (Å²) in [5.41, 5.74) is -0.451. The Morgan fingerprint density at radius 2 is 1.81 bits per heavy atom. The SMILES string of the molecule is CC(C)SCC(=O)N(CC(=O)O)C(C)(C)C. The van der Waals surface area contributed by atoms with E-state index in [0.29, 0.717) is 11.0 Å². The number of carboxylic acid groups (broad SMARTS) is 1. The van der Waals surface area contributed by atoms with Gasteiger partial charge in [-0.2, -0.15) is 0 Å². The van der Waals surface area contributed by atoms with Crippen LogP contribution in [0.5, 0.6) is 0 Å². The van der Waals surface area contributed by atoms with Crippen molar-refractivity contribution < 1.29 is 14.7 Å². The Morgan fingerprint density at radius 1 is 1.31 bits per heavy atom. The fourth-order valence-electron chi connectivity index (χ4n) is 1.15. The van der Waals surface area contributed by atoms with Gasteiger partial charge in [0, 0.05) is 5.54 Å². The Balaban J connectivity index is 4.51. The molecule has 0 fully saturated rings. The molecule has 94 valence electrons. The lowest BCUT2D eigenvalue weighted by atomic mass is 10.1. The van der Waals surface area contributed by atoms with Crippen LogP contribution >= 0.6 is 11.8 Å². The second-order valence-corrected chi connectivity index (χ2v) is 6.47. The quantitative estimate of drug-likeness (QED) is 0.805. The van der Waals surface area contributed by atoms with Crippen molar-refractivity contribution >= 4 is 23.6 Å². The predicted octanol–water partition coefficient (Wildman–Crippen LogP) is 1.84. The highest BCUT2D eigenvalue weighted by Crippen LogP contribution is 2.17. The van der Waals surface area contributed by atoms with Gasteiger partial charge in [-0.25, -0.2) is 0 Å². The smallest absolute Gasteiger partial charge is 0.323 e. The van der Waals surface area contributed by atoms with Crippen molar-refractivity contribution in [2.75, 3.05) is 12.3 Å². The van der Waals surface area contributed by atoms with Crippen molar-refractivity contribution in [2.24, 2.45) is 0 Å². The number of carbonyl (C=O) groups is 2. The van der Waals surface area contributed by atoms with Gasteiger partial charge in [0.2, 0.25) is 5.91 Å². The zero-order chi connectivity index (χ0) is 12.9. The molecule has 0 radical (unpaired) electrons. The van der Waals surface area contributed by atoms with Crippen LogP contribution in [-0.2, 0) is 9.59 Å². The zero-order valence-corrected chi connectivity index (χ0v) is 11.4. The van der Waals surface area contributed by atoms with Crippen LogP contribution in [0.3, 0.4) is 0 Å². The molecule has 1 amide bonds. The number of hydrogen-bond donors (Lipinski definition) is 1. The molecule has 0 unspecified atom stereocenters. The van der Waals surface area contributed by atoms with Crippen LogP contribution in [0, 0.1) is 0 Å². The number of nitrogens with zero attached hydrogens (tertiary/aromatic N) is 1. The summed E-state index contributed by atoms with van der Waals surface area (Å²) in [4.78, 5) is 24.0. The van der Waals surface area contributed by atoms with E-state index in [4.69, 9.17) is 5.11 Å². The molecule has 0 heterocycles. The zero-order valence-electron chi connectivity index (χ0n) is 10.6. The van der Waals surface area contributed by atoms with Crippen molar-refractivity contribution in [3.63, 3.8) is 0 Å². The third-order valence-electron chi connectivity index (χ3n) is 1.94. The van der Waals surface area contributed by atoms with E-state index in [1.54, 1.807) is 0 Å². The molecule has 0 saturated heterocycles. The summed E-state index contributed by atoms with van der Waals surface area (Å²) in [6, 6.07) is 0. The predicted molar refractivity (Wildman–Crippen MR) is 66.7 cm³/mol. The van der Waals surface area contributed by atoms with E-state index < -0.39 is 11.5 Å². The molecule has 0 aromatic carbocycles. The molecule has 0 aliphatic heterocycles. The molecule has 0 aliphatic rings. The molecule has 0 aliphatic carbocycles. The highest BCUT2D eigenvalue weighted by atomic mass is 32.2. The fraction of sp³-hybridized carbons (Fsp3) is 0.818. The number of hydrogen-bond acceptors (Lipinski definition) is 3. The van der Waals surface area contributed by atoms with E-state index in [-0.39, 0.29) is 12.5 Å². The van der Waals surface area contributed by atoms with Crippen LogP contribution < -0.4 is 0 Å². The molecular weight excluding hydrogens is 226 g/mol. The van der Waals surface area contributed by atoms with Crippen molar-refractivity contribution in [3.8, 4) is 0 Å². The van der Waals surface area contributed by atoms with E-state index in [9.17, 15) is 9.59 Å². The Kier molecular flexibility index (Phi) is 5.86. The standard InChI is InChI=1S/C11H21NO3S/c1-8(2)16-7-9(13)12(6-10(14)15)11(3,4)5/h8H,6-7H2,1-5H3,(H,14,15). The number of aliphatic carboxylic acids is 1. The Bertz CT molecular complexity index is 258. The first-order valence-electron chi connectivity index (χ1n) is 5.28. The second kappa shape index (κ2) is 6.13. The molecule has 0 atom stereocenters. The fourth-order valence-corrected chi connectivity index (χ4v) is 1.78. The van der Waals surface area contributed by atoms with Gasteiger partial charge in [-0.05, 0) is 26.0 Å². The summed E-state index contributed by atoms with van der Waals surface area (Å²) < 4.78 is 0. The normalized spacial score (nSPS) is 11.6. The number of rotatable bonds is 5. The third-order valence-corrected chi connectivity index (χ3v) is 3.02. The lowest BCUT2D eigenvalue weighted by Crippen LogP contribution is -2.49. The minimum atomic E-state index is -0.974. The second-order valence-electron chi connectivity index (χ2n) is 4.90. The van der Waals surface area contributed by atoms with Gasteiger partial charge in [-0.1, -0.05) is 13.8 Å². The Hall–Kier alpha value is -0.710. The van der Waals surface area contributed by atoms with Crippen molar-refractivity contribution in [1.29, 1.82) is 0 Å². The van der Waals surface area contributed by atoms with Gasteiger partial charge in [-0.3, -0.25) is 9.59 Å². The van der Waals surface area contributed by atoms with Crippen LogP contribution in [0.2, 0.25) is 0 Å². The maximum absolute atomic E-state index is 11.9. The average molecular weight is 247 g/mol. The van der Waals surface area contributed by atoms with Gasteiger partial charge < -0.3 is 10.0 Å². The van der Waals surface area contributed by atoms with Crippen LogP contribution in [-0.4, -0.2) is 45.0 Å². The molecule has 0 spiro atoms. The van der Waals surface area contributed by atoms with Crippen molar-refractivity contribution in [2.45, 2.75) is 45.4 Å². The summed E-state index contributed by atoms with van der Waals surface area (Å²) in [7, 11) is 0. The average Bonchev–Trinajstić information content (AvgIpc) is 2.08. The molecular formula is C11H21NO3S. The van der Waals surface area contributed by atoms with E-state index >= 15 is 0 Å². The third kappa shape index (κ3) is 6.00. The summed E-state index contributed by atoms with van der Waals surface area (Å²) in [6.07, 6.45) is 0. The molecule has 0 bridgehead atoms. The molecule has 0 aromatic heterocycles. The molecule has 0 rings (SSSR count). The number of amides is 1. The molecule has 0 saturated carbocycles. The molecule has 0 aromatic rings. The topological polar surface area (TPSA) is 57.6 Å². The van der Waals surface area contributed by atoms with Crippen LogP contribution in [0.4, 0.5) is 0 Å². The molecule has 4 nitrogen and oxygen atoms in total. The molecule has 5 heteroatoms. The van der Waals surface area contributed by atoms with Gasteiger partial charge in [0.05, 0.1) is 5.75 Å². The Morgan fingerprint density at radius 3 is 2.12 bits per heavy atom. The first-order valence-corrected chi connectivity index (χ1v) is 6.33. The van der Waals surface area contributed by atoms with E-state index in [1.807, 2.05) is 34.6 Å². The highest BCUT2D eigenvalue weighted by molar-refractivity contribution is 8.00. The summed E-state index contributed by atoms with van der Waals surface area (Å²) in [6.45, 7) is 9.31. The maximum Gasteiger partial charge on any atom is 0.323 e. The van der Waals surface area contributed by atoms with Crippen LogP contribution in [0.15, 0.2) is 0 Å². The molecule has 16 heavy (non-hydrogen) atoms. The van der Waals surface area contributed by atoms with E-state index in [1.165, 1.54) is 16.7 Å². The van der Waals surface area contributed by atoms with Gasteiger partial charge in [-0.15, -0.1) is 11.8 Å². The summed E-state index contributed by atoms with van der Waals surface area (Å²) in [5.74, 6) is -0.756. The van der Waals surface area contributed by atoms with Crippen LogP contribution in [0.25, 0.3) is 0 Å². The van der Waals surface area contributed by atoms with E-state index in [0.717, 1.165) is 0 Å². The van der Waals surface area contributed by atoms with Crippen molar-refractivity contribution in [1.82, 2.24) is 4.90 Å². The van der Waals surface area contributed by atoms with Gasteiger partial charge in [0.15, 0.2) is 0 Å². The monoisotopic (exact) mass is 247 g/mol. The first kappa shape index (κ1) is 15.3. The van der Waals surface area contributed by atoms with Gasteiger partial charge in [0.1, 0.15) is 6.54 Å². The lowest BCUT2D eigenvalue weighted by molar-refractivity contribution is -0.146. The summed E-state index contributed by atoms with van der Waals surface area (Å²) in [5, 5.41) is 9.14. The number of carboxylic acids is 1. The lowest BCUT2D eigenvalue weighted by Gasteiger charge is -2.34. The minimum Gasteiger partial charge on any atom is -0.480 e. The van der Waals surface area contributed by atoms with Gasteiger partial charge >= 0.3 is 5.97 Å². The highest BCUT2D eigenvalue weighted by Gasteiger charge is 2.28. The van der Waals surface area contributed by atoms with Crippen molar-refractivity contribution in [3.05, 3.63) is 0 Å². The van der Waals surface area contributed by atoms with Crippen LogP contribution in [0.1, 0.15) is 34.6 Å². The molecule has 1 N–H and O–H groups in total.